The predicted molar refractivity (Wildman–Crippen MR) is 108 cm³/mol. The van der Waals surface area contributed by atoms with E-state index < -0.39 is 0 Å². The van der Waals surface area contributed by atoms with Gasteiger partial charge in [0.2, 0.25) is 0 Å². The molecule has 1 aliphatic rings. The number of hydrogen-bond acceptors (Lipinski definition) is 1. The summed E-state index contributed by atoms with van der Waals surface area (Å²) in [6, 6.07) is 16.9. The van der Waals surface area contributed by atoms with Crippen LogP contribution in [0.3, 0.4) is 0 Å². The van der Waals surface area contributed by atoms with E-state index >= 15 is 0 Å². The molecule has 0 radical (unpaired) electrons. The van der Waals surface area contributed by atoms with Gasteiger partial charge in [-0.3, -0.25) is 0 Å². The molecule has 1 aliphatic heterocycles. The van der Waals surface area contributed by atoms with Crippen LogP contribution in [0.15, 0.2) is 48.5 Å². The second-order valence-electron chi connectivity index (χ2n) is 6.99. The van der Waals surface area contributed by atoms with Gasteiger partial charge < -0.3 is 9.47 Å². The summed E-state index contributed by atoms with van der Waals surface area (Å²) in [5.74, 6) is 0. The van der Waals surface area contributed by atoms with Crippen LogP contribution in [0, 0.1) is 0 Å². The van der Waals surface area contributed by atoms with Crippen LogP contribution < -0.4 is 0 Å². The molecule has 1 aromatic heterocycles. The van der Waals surface area contributed by atoms with Crippen LogP contribution in [0.4, 0.5) is 0 Å². The number of halogens is 1. The first-order valence-corrected chi connectivity index (χ1v) is 9.17. The minimum atomic E-state index is 0.807. The minimum absolute atomic E-state index is 0.807. The Balaban J connectivity index is 1.99. The third-order valence-electron chi connectivity index (χ3n) is 5.39. The molecular formula is C22H23ClN2. The van der Waals surface area contributed by atoms with Crippen LogP contribution in [0.2, 0.25) is 5.02 Å². The molecule has 0 saturated heterocycles. The average Bonchev–Trinajstić information content (AvgIpc) is 2.94. The van der Waals surface area contributed by atoms with E-state index in [2.05, 4.69) is 72.8 Å². The van der Waals surface area contributed by atoms with Crippen LogP contribution in [-0.4, -0.2) is 23.1 Å². The molecule has 3 heteroatoms. The topological polar surface area (TPSA) is 8.17 Å². The van der Waals surface area contributed by atoms with Crippen LogP contribution in [-0.2, 0) is 13.0 Å². The molecule has 0 spiro atoms. The second kappa shape index (κ2) is 6.36. The van der Waals surface area contributed by atoms with E-state index in [1.807, 2.05) is 6.07 Å². The van der Waals surface area contributed by atoms with E-state index in [-0.39, 0.29) is 0 Å². The van der Waals surface area contributed by atoms with E-state index in [1.54, 1.807) is 0 Å². The Morgan fingerprint density at radius 2 is 1.80 bits per heavy atom. The van der Waals surface area contributed by atoms with Gasteiger partial charge in [0.1, 0.15) is 0 Å². The Morgan fingerprint density at radius 1 is 1.04 bits per heavy atom. The van der Waals surface area contributed by atoms with Gasteiger partial charge in [-0.25, -0.2) is 0 Å². The molecule has 0 saturated carbocycles. The van der Waals surface area contributed by atoms with Gasteiger partial charge >= 0.3 is 0 Å². The zero-order valence-corrected chi connectivity index (χ0v) is 15.8. The number of allylic oxidation sites excluding steroid dienone is 2. The summed E-state index contributed by atoms with van der Waals surface area (Å²) in [5, 5.41) is 2.09. The summed E-state index contributed by atoms with van der Waals surface area (Å²) in [5.41, 5.74) is 8.00. The van der Waals surface area contributed by atoms with Crippen LogP contribution in [0.5, 0.6) is 0 Å². The highest BCUT2D eigenvalue weighted by atomic mass is 35.5. The number of hydrogen-bond donors (Lipinski definition) is 0. The largest absolute Gasteiger partial charge is 0.317 e. The van der Waals surface area contributed by atoms with E-state index in [9.17, 15) is 0 Å². The third-order valence-corrected chi connectivity index (χ3v) is 5.62. The van der Waals surface area contributed by atoms with Crippen LogP contribution >= 0.6 is 11.6 Å². The van der Waals surface area contributed by atoms with Crippen molar-refractivity contribution in [2.45, 2.75) is 26.8 Å². The van der Waals surface area contributed by atoms with Crippen molar-refractivity contribution < 1.29 is 0 Å². The lowest BCUT2D eigenvalue weighted by Crippen LogP contribution is -2.27. The molecule has 4 rings (SSSR count). The van der Waals surface area contributed by atoms with Crippen LogP contribution in [0.1, 0.15) is 30.7 Å². The number of nitrogens with zero attached hydrogens (tertiary/aromatic N) is 2. The van der Waals surface area contributed by atoms with Gasteiger partial charge in [-0.2, -0.15) is 0 Å². The molecule has 2 heterocycles. The van der Waals surface area contributed by atoms with Gasteiger partial charge in [0.05, 0.1) is 5.52 Å². The highest BCUT2D eigenvalue weighted by Gasteiger charge is 2.23. The molecule has 0 fully saturated rings. The Kier molecular flexibility index (Phi) is 4.18. The number of aromatic nitrogens is 1. The Hall–Kier alpha value is -2.03. The first-order valence-electron chi connectivity index (χ1n) is 8.80. The van der Waals surface area contributed by atoms with Gasteiger partial charge in [-0.1, -0.05) is 41.9 Å². The highest BCUT2D eigenvalue weighted by Crippen LogP contribution is 2.36. The van der Waals surface area contributed by atoms with Crippen molar-refractivity contribution in [3.8, 4) is 0 Å². The maximum atomic E-state index is 6.31. The second-order valence-corrected chi connectivity index (χ2v) is 7.42. The fourth-order valence-corrected chi connectivity index (χ4v) is 4.09. The van der Waals surface area contributed by atoms with Gasteiger partial charge in [0, 0.05) is 41.3 Å². The first kappa shape index (κ1) is 16.4. The van der Waals surface area contributed by atoms with Gasteiger partial charge in [0.15, 0.2) is 0 Å². The molecular weight excluding hydrogens is 328 g/mol. The monoisotopic (exact) mass is 350 g/mol. The number of likely N-dealkylation sites (N-methyl/N-ethyl adjacent to an activating group) is 1. The minimum Gasteiger partial charge on any atom is -0.317 e. The summed E-state index contributed by atoms with van der Waals surface area (Å²) in [7, 11) is 2.19. The highest BCUT2D eigenvalue weighted by molar-refractivity contribution is 6.31. The molecule has 0 amide bonds. The molecule has 0 unspecified atom stereocenters. The molecule has 2 nitrogen and oxygen atoms in total. The Bertz CT molecular complexity index is 967. The van der Waals surface area contributed by atoms with E-state index in [1.165, 1.54) is 39.0 Å². The smallest absolute Gasteiger partial charge is 0.0532 e. The Morgan fingerprint density at radius 3 is 2.56 bits per heavy atom. The standard InChI is InChI=1S/C22H23ClN2/c1-15(17-7-5-4-6-8-17)16(2)25-21-10-9-18(23)13-19(21)20-14-24(3)12-11-22(20)25/h4-10,13H,11-12,14H2,1-3H3. The molecule has 2 aromatic carbocycles. The average molecular weight is 351 g/mol. The lowest BCUT2D eigenvalue weighted by molar-refractivity contribution is 0.311. The van der Waals surface area contributed by atoms with Crippen molar-refractivity contribution in [2.75, 3.05) is 13.6 Å². The first-order chi connectivity index (χ1) is 12.1. The quantitative estimate of drug-likeness (QED) is 0.576. The SMILES string of the molecule is CC(=C(C)n1c2c(c3cc(Cl)ccc31)CN(C)CC2)c1ccccc1. The number of benzene rings is 2. The fourth-order valence-electron chi connectivity index (χ4n) is 3.91. The number of fused-ring (bicyclic) bond motifs is 3. The fraction of sp³-hybridized carbons (Fsp3) is 0.273. The molecule has 25 heavy (non-hydrogen) atoms. The van der Waals surface area contributed by atoms with Gasteiger partial charge in [-0.15, -0.1) is 0 Å². The molecule has 3 aromatic rings. The summed E-state index contributed by atoms with van der Waals surface area (Å²) in [6.45, 7) is 6.52. The van der Waals surface area contributed by atoms with Crippen molar-refractivity contribution in [3.05, 3.63) is 70.4 Å². The Labute approximate surface area is 154 Å². The molecule has 0 N–H and O–H groups in total. The summed E-state index contributed by atoms with van der Waals surface area (Å²) < 4.78 is 2.45. The summed E-state index contributed by atoms with van der Waals surface area (Å²) in [4.78, 5) is 2.39. The van der Waals surface area contributed by atoms with Gasteiger partial charge in [-0.05, 0) is 55.8 Å². The van der Waals surface area contributed by atoms with E-state index in [0.29, 0.717) is 0 Å². The van der Waals surface area contributed by atoms with Crippen molar-refractivity contribution in [2.24, 2.45) is 0 Å². The van der Waals surface area contributed by atoms with Gasteiger partial charge in [0.25, 0.3) is 0 Å². The normalized spacial score (nSPS) is 16.0. The van der Waals surface area contributed by atoms with Crippen molar-refractivity contribution >= 4 is 33.8 Å². The molecule has 0 atom stereocenters. The molecule has 0 bridgehead atoms. The van der Waals surface area contributed by atoms with Crippen molar-refractivity contribution in [3.63, 3.8) is 0 Å². The van der Waals surface area contributed by atoms with E-state index in [0.717, 1.165) is 24.5 Å². The maximum absolute atomic E-state index is 6.31. The zero-order chi connectivity index (χ0) is 17.6. The summed E-state index contributed by atoms with van der Waals surface area (Å²) >= 11 is 6.31. The van der Waals surface area contributed by atoms with Crippen molar-refractivity contribution in [1.29, 1.82) is 0 Å². The zero-order valence-electron chi connectivity index (χ0n) is 15.0. The predicted octanol–water partition coefficient (Wildman–Crippen LogP) is 5.69. The lowest BCUT2D eigenvalue weighted by Gasteiger charge is -2.25. The van der Waals surface area contributed by atoms with E-state index in [4.69, 9.17) is 11.6 Å². The van der Waals surface area contributed by atoms with Crippen LogP contribution in [0.25, 0.3) is 22.2 Å². The third kappa shape index (κ3) is 2.80. The maximum Gasteiger partial charge on any atom is 0.0532 e. The summed E-state index contributed by atoms with van der Waals surface area (Å²) in [6.07, 6.45) is 1.07. The lowest BCUT2D eigenvalue weighted by atomic mass is 10.0. The molecule has 0 aliphatic carbocycles. The van der Waals surface area contributed by atoms with Crippen molar-refractivity contribution in [1.82, 2.24) is 9.47 Å². The number of rotatable bonds is 2. The molecule has 128 valence electrons.